The Hall–Kier alpha value is 2.24. The van der Waals surface area contributed by atoms with Crippen LogP contribution in [0.15, 0.2) is 0 Å². The van der Waals surface area contributed by atoms with E-state index in [-0.39, 0.29) is 78.2 Å². The first-order chi connectivity index (χ1) is 2.00. The van der Waals surface area contributed by atoms with Gasteiger partial charge >= 0.3 is 67.3 Å². The average molecular weight is 192 g/mol. The fourth-order valence-corrected chi connectivity index (χ4v) is 0. The van der Waals surface area contributed by atoms with Gasteiger partial charge in [-0.3, -0.25) is 0 Å². The van der Waals surface area contributed by atoms with E-state index in [1.165, 1.54) is 0 Å². The van der Waals surface area contributed by atoms with Crippen molar-refractivity contribution in [2.24, 2.45) is 0 Å². The molecule has 6 nitrogen and oxygen atoms in total. The summed E-state index contributed by atoms with van der Waals surface area (Å²) in [6.45, 7) is 0. The van der Waals surface area contributed by atoms with Crippen molar-refractivity contribution in [3.63, 3.8) is 0 Å². The van der Waals surface area contributed by atoms with Crippen molar-refractivity contribution < 1.29 is 59.7 Å². The molecular weight excluding hydrogens is 187 g/mol. The fraction of sp³-hybridized carbons (Fsp3) is 0. The average Bonchev–Trinajstić information content (AvgIpc) is 0.722. The van der Waals surface area contributed by atoms with Crippen LogP contribution < -0.4 is 39.1 Å². The molecule has 0 bridgehead atoms. The van der Waals surface area contributed by atoms with Crippen LogP contribution in [0.2, 0.25) is 0 Å². The molecule has 0 fully saturated rings. The van der Waals surface area contributed by atoms with Crippen LogP contribution in [0.1, 0.15) is 0 Å². The molecule has 0 amide bonds. The van der Waals surface area contributed by atoms with Crippen LogP contribution in [0.25, 0.3) is 0 Å². The van der Waals surface area contributed by atoms with Gasteiger partial charge in [0.05, 0.1) is 0 Å². The third-order valence-corrected chi connectivity index (χ3v) is 0. The smallest absolute Gasteiger partial charge is 0.870 e. The minimum Gasteiger partial charge on any atom is -0.870 e. The molecule has 0 radical (unpaired) electrons. The Morgan fingerprint density at radius 1 is 1.11 bits per heavy atom. The van der Waals surface area contributed by atoms with Crippen molar-refractivity contribution in [2.45, 2.75) is 0 Å². The third kappa shape index (κ3) is 139. The van der Waals surface area contributed by atoms with Gasteiger partial charge in [0, 0.05) is 0 Å². The summed E-state index contributed by atoms with van der Waals surface area (Å²) in [4.78, 5) is 31.8. The van der Waals surface area contributed by atoms with Gasteiger partial charge in [-0.25, -0.2) is 0 Å². The molecule has 9 heteroatoms. The van der Waals surface area contributed by atoms with Crippen molar-refractivity contribution in [1.82, 2.24) is 0 Å². The zero-order valence-corrected chi connectivity index (χ0v) is 10.1. The molecule has 0 aromatic heterocycles. The van der Waals surface area contributed by atoms with Crippen molar-refractivity contribution in [2.75, 3.05) is 0 Å². The fourth-order valence-electron chi connectivity index (χ4n) is 0. The van der Waals surface area contributed by atoms with Crippen LogP contribution in [0.5, 0.6) is 0 Å². The maximum Gasteiger partial charge on any atom is 2.00 e. The Morgan fingerprint density at radius 3 is 1.11 bits per heavy atom. The summed E-state index contributed by atoms with van der Waals surface area (Å²) in [6.07, 6.45) is 0. The van der Waals surface area contributed by atoms with Crippen molar-refractivity contribution in [3.05, 3.63) is 0 Å². The topological polar surface area (TPSA) is 148 Å². The second-order valence-electron chi connectivity index (χ2n) is 0.548. The molecule has 48 valence electrons. The van der Waals surface area contributed by atoms with Crippen LogP contribution in [0.3, 0.4) is 0 Å². The second kappa shape index (κ2) is 12.9. The van der Waals surface area contributed by atoms with Crippen molar-refractivity contribution in [3.8, 4) is 0 Å². The molecule has 0 unspecified atom stereocenters. The molecule has 0 saturated heterocycles. The number of rotatable bonds is 0. The Bertz CT molecular complexity index is 28.5. The molecule has 0 heterocycles. The molecule has 0 saturated carbocycles. The van der Waals surface area contributed by atoms with E-state index < -0.39 is 9.05 Å². The molecule has 0 aromatic carbocycles. The van der Waals surface area contributed by atoms with Gasteiger partial charge in [-0.2, -0.15) is 0 Å². The molecule has 0 rings (SSSR count). The largest absolute Gasteiger partial charge is 2.00 e. The third-order valence-electron chi connectivity index (χ3n) is 0. The van der Waals surface area contributed by atoms with Gasteiger partial charge in [0.15, 0.2) is 0 Å². The van der Waals surface area contributed by atoms with Gasteiger partial charge in [-0.05, 0) is 0 Å². The zero-order chi connectivity index (χ0) is 4.50. The molecule has 0 aliphatic carbocycles. The minimum atomic E-state index is -5.11. The monoisotopic (exact) mass is 192 g/mol. The summed E-state index contributed by atoms with van der Waals surface area (Å²) < 4.78 is 0. The Kier molecular flexibility index (Phi) is 43.3. The van der Waals surface area contributed by atoms with E-state index in [1.807, 2.05) is 0 Å². The predicted molar refractivity (Wildman–Crippen MR) is 21.5 cm³/mol. The first-order valence-electron chi connectivity index (χ1n) is 0.855. The number of hydrogen-bond acceptors (Lipinski definition) is 5. The minimum absolute atomic E-state index is 0. The quantitative estimate of drug-likeness (QED) is 0.365. The summed E-state index contributed by atoms with van der Waals surface area (Å²) >= 11 is 0. The summed E-state index contributed by atoms with van der Waals surface area (Å²) in [5, 5.41) is 0. The molecule has 9 heavy (non-hydrogen) atoms. The van der Waals surface area contributed by atoms with Crippen molar-refractivity contribution >= 4 is 46.8 Å². The van der Waals surface area contributed by atoms with E-state index in [0.717, 1.165) is 0 Å². The molecule has 0 atom stereocenters. The van der Waals surface area contributed by atoms with Crippen LogP contribution in [-0.2, 0) is 0 Å². The van der Waals surface area contributed by atoms with Gasteiger partial charge in [0.2, 0.25) is 0 Å². The van der Waals surface area contributed by atoms with Crippen molar-refractivity contribution in [1.29, 1.82) is 0 Å². The molecule has 5 N–H and O–H groups in total. The maximum atomic E-state index is 8.80. The normalized spacial score (nSPS) is 6.67. The van der Waals surface area contributed by atoms with Crippen LogP contribution in [0, 0.1) is 0 Å². The molecular formula is H5CaNaO6Si. The van der Waals surface area contributed by atoms with E-state index in [9.17, 15) is 0 Å². The first-order valence-corrected chi connectivity index (χ1v) is 2.57. The maximum absolute atomic E-state index is 8.80. The van der Waals surface area contributed by atoms with E-state index in [4.69, 9.17) is 19.2 Å². The standard InChI is InChI=1S/Ca.Na.H2O4Si.2H2O/c;;1-5(2,3)4;;/h;;1-2H;2*1H2/q+2;+1;-2;;/p-1. The Morgan fingerprint density at radius 2 is 1.11 bits per heavy atom. The number of hydrogen-bond donors (Lipinski definition) is 2. The summed E-state index contributed by atoms with van der Waals surface area (Å²) in [7, 11) is -5.11. The first kappa shape index (κ1) is 30.3. The second-order valence-corrected chi connectivity index (χ2v) is 1.65. The van der Waals surface area contributed by atoms with Gasteiger partial charge < -0.3 is 30.1 Å². The summed E-state index contributed by atoms with van der Waals surface area (Å²) in [5.74, 6) is 0. The van der Waals surface area contributed by atoms with E-state index in [2.05, 4.69) is 0 Å². The Labute approximate surface area is 105 Å². The van der Waals surface area contributed by atoms with Gasteiger partial charge in [-0.15, -0.1) is 0 Å². The molecule has 0 aliphatic heterocycles. The van der Waals surface area contributed by atoms with Crippen LogP contribution >= 0.6 is 0 Å². The van der Waals surface area contributed by atoms with Gasteiger partial charge in [0.1, 0.15) is 9.05 Å². The molecule has 0 aliphatic rings. The van der Waals surface area contributed by atoms with Gasteiger partial charge in [-0.1, -0.05) is 0 Å². The molecule has 0 aromatic rings. The van der Waals surface area contributed by atoms with E-state index >= 15 is 0 Å². The SMILES string of the molecule is O.[Ca+2].[Na+].[O-][Si]([O-])(O)O.[OH-]. The predicted octanol–water partition coefficient (Wildman–Crippen LogP) is -8.25. The summed E-state index contributed by atoms with van der Waals surface area (Å²) in [6, 6.07) is 0. The summed E-state index contributed by atoms with van der Waals surface area (Å²) in [5.41, 5.74) is 0. The van der Waals surface area contributed by atoms with E-state index in [0.29, 0.717) is 0 Å². The van der Waals surface area contributed by atoms with Crippen LogP contribution in [0.4, 0.5) is 0 Å². The zero-order valence-electron chi connectivity index (χ0n) is 4.87. The van der Waals surface area contributed by atoms with E-state index in [1.54, 1.807) is 0 Å². The van der Waals surface area contributed by atoms with Crippen LogP contribution in [-0.4, -0.2) is 67.3 Å². The molecule has 0 spiro atoms. The Balaban J connectivity index is -0.0000000133. The van der Waals surface area contributed by atoms with Gasteiger partial charge in [0.25, 0.3) is 0 Å².